The SMILES string of the molecule is Clc1cc(Cl)cc(CNCc2cccnc2)c1. The highest BCUT2D eigenvalue weighted by molar-refractivity contribution is 6.34. The zero-order chi connectivity index (χ0) is 12.1. The lowest BCUT2D eigenvalue weighted by molar-refractivity contribution is 0.691. The molecular formula is C13H12Cl2N2. The summed E-state index contributed by atoms with van der Waals surface area (Å²) in [5.74, 6) is 0. The van der Waals surface area contributed by atoms with Gasteiger partial charge in [0.25, 0.3) is 0 Å². The monoisotopic (exact) mass is 266 g/mol. The molecule has 0 aliphatic rings. The third-order valence-corrected chi connectivity index (χ3v) is 2.74. The van der Waals surface area contributed by atoms with Gasteiger partial charge < -0.3 is 5.32 Å². The highest BCUT2D eigenvalue weighted by Crippen LogP contribution is 2.18. The van der Waals surface area contributed by atoms with Crippen molar-refractivity contribution in [3.05, 3.63) is 63.9 Å². The Bertz CT molecular complexity index is 466. The number of aromatic nitrogens is 1. The minimum Gasteiger partial charge on any atom is -0.309 e. The van der Waals surface area contributed by atoms with E-state index >= 15 is 0 Å². The van der Waals surface area contributed by atoms with Gasteiger partial charge in [-0.15, -0.1) is 0 Å². The average Bonchev–Trinajstić information content (AvgIpc) is 2.29. The maximum atomic E-state index is 5.92. The van der Waals surface area contributed by atoms with Crippen molar-refractivity contribution in [1.82, 2.24) is 10.3 Å². The molecule has 0 saturated heterocycles. The van der Waals surface area contributed by atoms with Crippen LogP contribution < -0.4 is 5.32 Å². The molecule has 0 fully saturated rings. The van der Waals surface area contributed by atoms with Gasteiger partial charge in [0.15, 0.2) is 0 Å². The van der Waals surface area contributed by atoms with Crippen molar-refractivity contribution in [2.24, 2.45) is 0 Å². The minimum absolute atomic E-state index is 0.663. The van der Waals surface area contributed by atoms with Crippen LogP contribution in [0.2, 0.25) is 10.0 Å². The molecule has 2 aromatic rings. The Kier molecular flexibility index (Phi) is 4.37. The topological polar surface area (TPSA) is 24.9 Å². The largest absolute Gasteiger partial charge is 0.309 e. The Balaban J connectivity index is 1.90. The molecule has 0 atom stereocenters. The number of benzene rings is 1. The smallest absolute Gasteiger partial charge is 0.0424 e. The standard InChI is InChI=1S/C13H12Cl2N2/c14-12-4-11(5-13(15)6-12)9-17-8-10-2-1-3-16-7-10/h1-7,17H,8-9H2. The van der Waals surface area contributed by atoms with Crippen LogP contribution in [0, 0.1) is 0 Å². The minimum atomic E-state index is 0.663. The zero-order valence-corrected chi connectivity index (χ0v) is 10.7. The fourth-order valence-corrected chi connectivity index (χ4v) is 2.14. The van der Waals surface area contributed by atoms with Crippen LogP contribution in [0.15, 0.2) is 42.7 Å². The van der Waals surface area contributed by atoms with Gasteiger partial charge in [0, 0.05) is 35.5 Å². The Morgan fingerprint density at radius 3 is 2.35 bits per heavy atom. The van der Waals surface area contributed by atoms with Crippen LogP contribution >= 0.6 is 23.2 Å². The summed E-state index contributed by atoms with van der Waals surface area (Å²) in [5, 5.41) is 4.64. The second-order valence-electron chi connectivity index (χ2n) is 3.74. The van der Waals surface area contributed by atoms with Gasteiger partial charge in [-0.3, -0.25) is 4.98 Å². The van der Waals surface area contributed by atoms with Gasteiger partial charge in [-0.05, 0) is 35.4 Å². The Labute approximate surface area is 111 Å². The fraction of sp³-hybridized carbons (Fsp3) is 0.154. The predicted octanol–water partition coefficient (Wildman–Crippen LogP) is 3.68. The van der Waals surface area contributed by atoms with Crippen molar-refractivity contribution in [2.45, 2.75) is 13.1 Å². The molecule has 1 aromatic heterocycles. The molecule has 0 amide bonds. The third kappa shape index (κ3) is 4.00. The van der Waals surface area contributed by atoms with E-state index in [2.05, 4.69) is 10.3 Å². The van der Waals surface area contributed by atoms with Gasteiger partial charge in [0.1, 0.15) is 0 Å². The maximum Gasteiger partial charge on any atom is 0.0424 e. The van der Waals surface area contributed by atoms with Gasteiger partial charge in [0.2, 0.25) is 0 Å². The predicted molar refractivity (Wildman–Crippen MR) is 71.2 cm³/mol. The van der Waals surface area contributed by atoms with Gasteiger partial charge in [-0.1, -0.05) is 29.3 Å². The number of rotatable bonds is 4. The highest BCUT2D eigenvalue weighted by atomic mass is 35.5. The normalized spacial score (nSPS) is 10.5. The first-order valence-corrected chi connectivity index (χ1v) is 6.04. The summed E-state index contributed by atoms with van der Waals surface area (Å²) in [7, 11) is 0. The van der Waals surface area contributed by atoms with E-state index < -0.39 is 0 Å². The number of halogens is 2. The van der Waals surface area contributed by atoms with E-state index in [-0.39, 0.29) is 0 Å². The molecule has 1 heterocycles. The summed E-state index contributed by atoms with van der Waals surface area (Å²) in [5.41, 5.74) is 2.23. The van der Waals surface area contributed by atoms with Crippen molar-refractivity contribution >= 4 is 23.2 Å². The number of pyridine rings is 1. The van der Waals surface area contributed by atoms with Crippen LogP contribution in [-0.4, -0.2) is 4.98 Å². The molecule has 2 nitrogen and oxygen atoms in total. The molecule has 0 aliphatic heterocycles. The lowest BCUT2D eigenvalue weighted by Crippen LogP contribution is -2.12. The molecule has 0 aliphatic carbocycles. The van der Waals surface area contributed by atoms with Crippen LogP contribution in [0.5, 0.6) is 0 Å². The van der Waals surface area contributed by atoms with E-state index in [0.29, 0.717) is 10.0 Å². The molecule has 4 heteroatoms. The molecule has 0 saturated carbocycles. The third-order valence-electron chi connectivity index (χ3n) is 2.30. The van der Waals surface area contributed by atoms with E-state index in [1.165, 1.54) is 0 Å². The average molecular weight is 267 g/mol. The van der Waals surface area contributed by atoms with Gasteiger partial charge in [-0.25, -0.2) is 0 Å². The van der Waals surface area contributed by atoms with Gasteiger partial charge >= 0.3 is 0 Å². The molecule has 0 spiro atoms. The molecule has 1 aromatic carbocycles. The Morgan fingerprint density at radius 2 is 1.71 bits per heavy atom. The fourth-order valence-electron chi connectivity index (χ4n) is 1.57. The van der Waals surface area contributed by atoms with Crippen molar-refractivity contribution in [2.75, 3.05) is 0 Å². The van der Waals surface area contributed by atoms with Crippen LogP contribution in [0.3, 0.4) is 0 Å². The van der Waals surface area contributed by atoms with Gasteiger partial charge in [0.05, 0.1) is 0 Å². The van der Waals surface area contributed by atoms with E-state index in [9.17, 15) is 0 Å². The molecule has 2 rings (SSSR count). The van der Waals surface area contributed by atoms with Crippen LogP contribution in [0.4, 0.5) is 0 Å². The van der Waals surface area contributed by atoms with Crippen molar-refractivity contribution in [3.8, 4) is 0 Å². The van der Waals surface area contributed by atoms with Crippen LogP contribution in [0.25, 0.3) is 0 Å². The quantitative estimate of drug-likeness (QED) is 0.914. The van der Waals surface area contributed by atoms with E-state index in [4.69, 9.17) is 23.2 Å². The van der Waals surface area contributed by atoms with Gasteiger partial charge in [-0.2, -0.15) is 0 Å². The highest BCUT2D eigenvalue weighted by Gasteiger charge is 1.98. The molecule has 0 bridgehead atoms. The number of hydrogen-bond donors (Lipinski definition) is 1. The molecular weight excluding hydrogens is 255 g/mol. The van der Waals surface area contributed by atoms with E-state index in [0.717, 1.165) is 24.2 Å². The van der Waals surface area contributed by atoms with Crippen LogP contribution in [0.1, 0.15) is 11.1 Å². The summed E-state index contributed by atoms with van der Waals surface area (Å²) < 4.78 is 0. The lowest BCUT2D eigenvalue weighted by Gasteiger charge is -2.06. The number of hydrogen-bond acceptors (Lipinski definition) is 2. The van der Waals surface area contributed by atoms with Crippen molar-refractivity contribution < 1.29 is 0 Å². The van der Waals surface area contributed by atoms with E-state index in [1.54, 1.807) is 12.3 Å². The Morgan fingerprint density at radius 1 is 1.00 bits per heavy atom. The summed E-state index contributed by atoms with van der Waals surface area (Å²) in [6.07, 6.45) is 3.61. The second-order valence-corrected chi connectivity index (χ2v) is 4.62. The zero-order valence-electron chi connectivity index (χ0n) is 9.16. The van der Waals surface area contributed by atoms with Crippen molar-refractivity contribution in [1.29, 1.82) is 0 Å². The first kappa shape index (κ1) is 12.4. The second kappa shape index (κ2) is 6.01. The molecule has 17 heavy (non-hydrogen) atoms. The number of nitrogens with one attached hydrogen (secondary N) is 1. The molecule has 88 valence electrons. The first-order valence-electron chi connectivity index (χ1n) is 5.28. The summed E-state index contributed by atoms with van der Waals surface area (Å²) in [6.45, 7) is 1.51. The molecule has 1 N–H and O–H groups in total. The van der Waals surface area contributed by atoms with Crippen LogP contribution in [-0.2, 0) is 13.1 Å². The number of nitrogens with zero attached hydrogens (tertiary/aromatic N) is 1. The van der Waals surface area contributed by atoms with E-state index in [1.807, 2.05) is 30.5 Å². The molecule has 0 radical (unpaired) electrons. The lowest BCUT2D eigenvalue weighted by atomic mass is 10.2. The maximum absolute atomic E-state index is 5.92. The molecule has 0 unspecified atom stereocenters. The summed E-state index contributed by atoms with van der Waals surface area (Å²) >= 11 is 11.8. The Hall–Kier alpha value is -1.09. The summed E-state index contributed by atoms with van der Waals surface area (Å²) in [6, 6.07) is 9.50. The first-order chi connectivity index (χ1) is 8.24. The summed E-state index contributed by atoms with van der Waals surface area (Å²) in [4.78, 5) is 4.06. The van der Waals surface area contributed by atoms with Crippen molar-refractivity contribution in [3.63, 3.8) is 0 Å².